The maximum Gasteiger partial charge on any atom is 0.123 e. The zero-order chi connectivity index (χ0) is 18.0. The van der Waals surface area contributed by atoms with E-state index < -0.39 is 5.60 Å². The standard InChI is InChI=1S/C21H24O3S/c1-5-21(22)13-12-16-17(23-3)10-11-18(24-4)19(16)20(21)25-15-8-6-14(2)7-9-15/h5-11,20,22H,1,12-13H2,2-4H3/t20-,21+/m0/s1. The van der Waals surface area contributed by atoms with E-state index in [2.05, 4.69) is 37.8 Å². The first kappa shape index (κ1) is 17.9. The maximum atomic E-state index is 11.3. The van der Waals surface area contributed by atoms with Crippen molar-refractivity contribution in [2.24, 2.45) is 0 Å². The second-order valence-corrected chi connectivity index (χ2v) is 7.55. The van der Waals surface area contributed by atoms with Gasteiger partial charge in [0.25, 0.3) is 0 Å². The van der Waals surface area contributed by atoms with Crippen LogP contribution in [0.25, 0.3) is 0 Å². The molecule has 0 spiro atoms. The summed E-state index contributed by atoms with van der Waals surface area (Å²) in [5.41, 5.74) is 2.33. The minimum atomic E-state index is -0.998. The van der Waals surface area contributed by atoms with Crippen molar-refractivity contribution >= 4 is 11.8 Å². The molecular weight excluding hydrogens is 332 g/mol. The van der Waals surface area contributed by atoms with Crippen LogP contribution in [0.3, 0.4) is 0 Å². The molecule has 0 heterocycles. The van der Waals surface area contributed by atoms with Crippen molar-refractivity contribution in [2.75, 3.05) is 14.2 Å². The first-order valence-corrected chi connectivity index (χ1v) is 9.23. The molecule has 2 atom stereocenters. The van der Waals surface area contributed by atoms with Crippen LogP contribution in [0.1, 0.15) is 28.4 Å². The summed E-state index contributed by atoms with van der Waals surface area (Å²) >= 11 is 1.64. The van der Waals surface area contributed by atoms with Gasteiger partial charge in [-0.05, 0) is 44.0 Å². The van der Waals surface area contributed by atoms with Gasteiger partial charge in [0, 0.05) is 16.0 Å². The fraction of sp³-hybridized carbons (Fsp3) is 0.333. The monoisotopic (exact) mass is 356 g/mol. The van der Waals surface area contributed by atoms with E-state index in [9.17, 15) is 5.11 Å². The van der Waals surface area contributed by atoms with E-state index in [1.165, 1.54) is 5.56 Å². The Morgan fingerprint density at radius 2 is 1.76 bits per heavy atom. The molecule has 0 aliphatic heterocycles. The van der Waals surface area contributed by atoms with Crippen LogP contribution in [0.5, 0.6) is 11.5 Å². The van der Waals surface area contributed by atoms with Crippen molar-refractivity contribution in [3.05, 3.63) is 65.7 Å². The Morgan fingerprint density at radius 1 is 1.12 bits per heavy atom. The number of hydrogen-bond donors (Lipinski definition) is 1. The molecule has 3 rings (SSSR count). The van der Waals surface area contributed by atoms with Crippen molar-refractivity contribution in [2.45, 2.75) is 35.5 Å². The van der Waals surface area contributed by atoms with E-state index in [1.54, 1.807) is 32.1 Å². The second kappa shape index (κ2) is 7.14. The van der Waals surface area contributed by atoms with Crippen LogP contribution < -0.4 is 9.47 Å². The number of aliphatic hydroxyl groups is 1. The molecule has 4 heteroatoms. The molecular formula is C21H24O3S. The lowest BCUT2D eigenvalue weighted by atomic mass is 9.79. The molecule has 1 aliphatic rings. The molecule has 132 valence electrons. The lowest BCUT2D eigenvalue weighted by molar-refractivity contribution is 0.0718. The fourth-order valence-electron chi connectivity index (χ4n) is 3.37. The van der Waals surface area contributed by atoms with E-state index in [1.807, 2.05) is 12.1 Å². The summed E-state index contributed by atoms with van der Waals surface area (Å²) in [5.74, 6) is 1.62. The van der Waals surface area contributed by atoms with Crippen molar-refractivity contribution in [1.82, 2.24) is 0 Å². The van der Waals surface area contributed by atoms with E-state index in [0.29, 0.717) is 6.42 Å². The van der Waals surface area contributed by atoms with Crippen LogP contribution in [0.2, 0.25) is 0 Å². The normalized spacial score (nSPS) is 22.2. The number of thioether (sulfide) groups is 1. The Bertz CT molecular complexity index is 769. The molecule has 1 aliphatic carbocycles. The van der Waals surface area contributed by atoms with E-state index in [-0.39, 0.29) is 5.25 Å². The third-order valence-corrected chi connectivity index (χ3v) is 6.26. The van der Waals surface area contributed by atoms with Gasteiger partial charge in [-0.25, -0.2) is 0 Å². The highest BCUT2D eigenvalue weighted by Gasteiger charge is 2.43. The molecule has 0 amide bonds. The average Bonchev–Trinajstić information content (AvgIpc) is 2.64. The third-order valence-electron chi connectivity index (χ3n) is 4.83. The maximum absolute atomic E-state index is 11.3. The molecule has 2 aromatic carbocycles. The molecule has 0 unspecified atom stereocenters. The summed E-state index contributed by atoms with van der Waals surface area (Å²) in [7, 11) is 3.34. The Kier molecular flexibility index (Phi) is 5.11. The number of ether oxygens (including phenoxy) is 2. The Labute approximate surface area is 153 Å². The third kappa shape index (κ3) is 3.29. The van der Waals surface area contributed by atoms with Crippen LogP contribution in [-0.4, -0.2) is 24.9 Å². The number of rotatable bonds is 5. The molecule has 0 fully saturated rings. The van der Waals surface area contributed by atoms with Crippen molar-refractivity contribution in [1.29, 1.82) is 0 Å². The van der Waals surface area contributed by atoms with Crippen molar-refractivity contribution < 1.29 is 14.6 Å². The summed E-state index contributed by atoms with van der Waals surface area (Å²) in [6, 6.07) is 12.2. The van der Waals surface area contributed by atoms with Crippen LogP contribution >= 0.6 is 11.8 Å². The number of methoxy groups -OCH3 is 2. The van der Waals surface area contributed by atoms with Gasteiger partial charge >= 0.3 is 0 Å². The average molecular weight is 356 g/mol. The highest BCUT2D eigenvalue weighted by molar-refractivity contribution is 7.99. The van der Waals surface area contributed by atoms with Gasteiger partial charge in [-0.2, -0.15) is 0 Å². The largest absolute Gasteiger partial charge is 0.496 e. The van der Waals surface area contributed by atoms with Gasteiger partial charge in [0.2, 0.25) is 0 Å². The second-order valence-electron chi connectivity index (χ2n) is 6.37. The first-order chi connectivity index (χ1) is 12.0. The predicted molar refractivity (Wildman–Crippen MR) is 103 cm³/mol. The van der Waals surface area contributed by atoms with Crippen molar-refractivity contribution in [3.8, 4) is 11.5 Å². The summed E-state index contributed by atoms with van der Waals surface area (Å²) in [5, 5.41) is 11.0. The molecule has 2 aromatic rings. The quantitative estimate of drug-likeness (QED) is 0.788. The van der Waals surface area contributed by atoms with Crippen LogP contribution in [-0.2, 0) is 6.42 Å². The molecule has 0 saturated heterocycles. The summed E-state index contributed by atoms with van der Waals surface area (Å²) in [6.45, 7) is 5.97. The highest BCUT2D eigenvalue weighted by Crippen LogP contribution is 2.54. The minimum Gasteiger partial charge on any atom is -0.496 e. The van der Waals surface area contributed by atoms with Crippen LogP contribution in [0.15, 0.2) is 53.9 Å². The number of benzene rings is 2. The predicted octanol–water partition coefficient (Wildman–Crippen LogP) is 4.71. The summed E-state index contributed by atoms with van der Waals surface area (Å²) in [6.07, 6.45) is 3.00. The van der Waals surface area contributed by atoms with E-state index >= 15 is 0 Å². The van der Waals surface area contributed by atoms with Gasteiger partial charge in [0.1, 0.15) is 11.5 Å². The lowest BCUT2D eigenvalue weighted by Crippen LogP contribution is -2.37. The molecule has 0 aromatic heterocycles. The van der Waals surface area contributed by atoms with Gasteiger partial charge in [0.05, 0.1) is 25.1 Å². The van der Waals surface area contributed by atoms with Gasteiger partial charge in [-0.3, -0.25) is 0 Å². The van der Waals surface area contributed by atoms with E-state index in [0.717, 1.165) is 33.9 Å². The van der Waals surface area contributed by atoms with Crippen molar-refractivity contribution in [3.63, 3.8) is 0 Å². The number of hydrogen-bond acceptors (Lipinski definition) is 4. The van der Waals surface area contributed by atoms with Gasteiger partial charge in [-0.1, -0.05) is 23.8 Å². The highest BCUT2D eigenvalue weighted by atomic mass is 32.2. The SMILES string of the molecule is C=C[C@@]1(O)CCc2c(OC)ccc(OC)c2[C@@H]1Sc1ccc(C)cc1. The summed E-state index contributed by atoms with van der Waals surface area (Å²) < 4.78 is 11.2. The molecule has 1 N–H and O–H groups in total. The Morgan fingerprint density at radius 3 is 2.36 bits per heavy atom. The smallest absolute Gasteiger partial charge is 0.123 e. The van der Waals surface area contributed by atoms with Crippen LogP contribution in [0, 0.1) is 6.92 Å². The topological polar surface area (TPSA) is 38.7 Å². The molecule has 0 saturated carbocycles. The Hall–Kier alpha value is -1.91. The first-order valence-electron chi connectivity index (χ1n) is 8.35. The molecule has 0 bridgehead atoms. The lowest BCUT2D eigenvalue weighted by Gasteiger charge is -2.40. The van der Waals surface area contributed by atoms with Crippen LogP contribution in [0.4, 0.5) is 0 Å². The van der Waals surface area contributed by atoms with Gasteiger partial charge in [0.15, 0.2) is 0 Å². The summed E-state index contributed by atoms with van der Waals surface area (Å²) in [4.78, 5) is 1.11. The van der Waals surface area contributed by atoms with E-state index in [4.69, 9.17) is 9.47 Å². The molecule has 25 heavy (non-hydrogen) atoms. The zero-order valence-electron chi connectivity index (χ0n) is 14.9. The fourth-order valence-corrected chi connectivity index (χ4v) is 4.73. The Balaban J connectivity index is 2.13. The van der Waals surface area contributed by atoms with Gasteiger partial charge in [-0.15, -0.1) is 18.3 Å². The van der Waals surface area contributed by atoms with Gasteiger partial charge < -0.3 is 14.6 Å². The molecule has 0 radical (unpaired) electrons. The number of fused-ring (bicyclic) bond motifs is 1. The number of aryl methyl sites for hydroxylation is 1. The zero-order valence-corrected chi connectivity index (χ0v) is 15.7. The molecule has 3 nitrogen and oxygen atoms in total. The minimum absolute atomic E-state index is 0.207.